The van der Waals surface area contributed by atoms with Crippen LogP contribution in [0.3, 0.4) is 0 Å². The van der Waals surface area contributed by atoms with Gasteiger partial charge in [-0.1, -0.05) is 127 Å². The van der Waals surface area contributed by atoms with Crippen LogP contribution in [0.5, 0.6) is 0 Å². The number of aromatic nitrogens is 3. The Morgan fingerprint density at radius 2 is 0.925 bits per heavy atom. The third-order valence-electron chi connectivity index (χ3n) is 7.79. The van der Waals surface area contributed by atoms with E-state index in [2.05, 4.69) is 90.4 Å². The number of hydrogen-bond acceptors (Lipinski definition) is 3. The quantitative estimate of drug-likeness (QED) is 0.208. The zero-order valence-electron chi connectivity index (χ0n) is 22.3. The molecule has 4 heteroatoms. The SMILES string of the molecule is CC1(C)c2cc(Br)ccc2-c2ccc(-c3cccc(-c4nc(-c5ccccc5)nc(-c5ccccc5)n4)c3)cc21. The fraction of sp³-hybridized carbons (Fsp3) is 0.0833. The maximum absolute atomic E-state index is 4.92. The molecule has 1 heterocycles. The minimum absolute atomic E-state index is 0.0779. The standard InChI is InChI=1S/C36H26BrN3/c1-36(2)31-21-26(16-18-29(31)30-19-17-28(37)22-32(30)36)25-14-9-15-27(20-25)35-39-33(23-10-5-3-6-11-23)38-34(40-35)24-12-7-4-8-13-24/h3-22H,1-2H3. The Hall–Kier alpha value is -4.41. The lowest BCUT2D eigenvalue weighted by Gasteiger charge is -2.22. The highest BCUT2D eigenvalue weighted by molar-refractivity contribution is 9.10. The summed E-state index contributed by atoms with van der Waals surface area (Å²) >= 11 is 3.67. The summed E-state index contributed by atoms with van der Waals surface area (Å²) in [7, 11) is 0. The van der Waals surface area contributed by atoms with Gasteiger partial charge < -0.3 is 0 Å². The molecule has 7 rings (SSSR count). The Morgan fingerprint density at radius 3 is 1.55 bits per heavy atom. The first-order valence-corrected chi connectivity index (χ1v) is 14.2. The van der Waals surface area contributed by atoms with E-state index < -0.39 is 0 Å². The van der Waals surface area contributed by atoms with E-state index in [-0.39, 0.29) is 5.41 Å². The first-order valence-electron chi connectivity index (χ1n) is 13.4. The Kier molecular flexibility index (Phi) is 5.94. The largest absolute Gasteiger partial charge is 0.208 e. The van der Waals surface area contributed by atoms with Crippen molar-refractivity contribution >= 4 is 15.9 Å². The minimum atomic E-state index is -0.0779. The van der Waals surface area contributed by atoms with Gasteiger partial charge in [-0.3, -0.25) is 0 Å². The van der Waals surface area contributed by atoms with Gasteiger partial charge >= 0.3 is 0 Å². The molecule has 192 valence electrons. The maximum atomic E-state index is 4.92. The first-order chi connectivity index (χ1) is 19.5. The number of nitrogens with zero attached hydrogens (tertiary/aromatic N) is 3. The van der Waals surface area contributed by atoms with E-state index in [1.807, 2.05) is 60.7 Å². The molecule has 0 saturated carbocycles. The summed E-state index contributed by atoms with van der Waals surface area (Å²) in [6.07, 6.45) is 0. The van der Waals surface area contributed by atoms with Crippen LogP contribution in [-0.2, 0) is 5.41 Å². The van der Waals surface area contributed by atoms with Gasteiger partial charge in [-0.05, 0) is 57.6 Å². The first kappa shape index (κ1) is 24.6. The lowest BCUT2D eigenvalue weighted by Crippen LogP contribution is -2.15. The van der Waals surface area contributed by atoms with Gasteiger partial charge in [0.15, 0.2) is 17.5 Å². The van der Waals surface area contributed by atoms with Crippen LogP contribution in [0.2, 0.25) is 0 Å². The van der Waals surface area contributed by atoms with Gasteiger partial charge in [0.05, 0.1) is 0 Å². The van der Waals surface area contributed by atoms with Crippen molar-refractivity contribution in [2.75, 3.05) is 0 Å². The average Bonchev–Trinajstić information content (AvgIpc) is 3.23. The summed E-state index contributed by atoms with van der Waals surface area (Å²) in [6.45, 7) is 4.62. The second-order valence-corrected chi connectivity index (χ2v) is 11.6. The summed E-state index contributed by atoms with van der Waals surface area (Å²) in [5, 5.41) is 0. The van der Waals surface area contributed by atoms with Crippen LogP contribution in [0, 0.1) is 0 Å². The molecule has 0 radical (unpaired) electrons. The summed E-state index contributed by atoms with van der Waals surface area (Å²) in [5.41, 5.74) is 10.5. The summed E-state index contributed by atoms with van der Waals surface area (Å²) in [4.78, 5) is 14.7. The van der Waals surface area contributed by atoms with Crippen LogP contribution in [0.1, 0.15) is 25.0 Å². The van der Waals surface area contributed by atoms with E-state index >= 15 is 0 Å². The van der Waals surface area contributed by atoms with E-state index in [0.717, 1.165) is 26.7 Å². The van der Waals surface area contributed by atoms with Gasteiger partial charge in [0.25, 0.3) is 0 Å². The predicted octanol–water partition coefficient (Wildman–Crippen LogP) is 9.61. The maximum Gasteiger partial charge on any atom is 0.164 e. The van der Waals surface area contributed by atoms with Crippen molar-refractivity contribution in [1.29, 1.82) is 0 Å². The zero-order chi connectivity index (χ0) is 27.3. The minimum Gasteiger partial charge on any atom is -0.208 e. The number of fused-ring (bicyclic) bond motifs is 3. The van der Waals surface area contributed by atoms with Crippen LogP contribution in [0.15, 0.2) is 126 Å². The van der Waals surface area contributed by atoms with Crippen molar-refractivity contribution < 1.29 is 0 Å². The fourth-order valence-electron chi connectivity index (χ4n) is 5.66. The van der Waals surface area contributed by atoms with Crippen LogP contribution in [0.4, 0.5) is 0 Å². The molecule has 0 atom stereocenters. The second-order valence-electron chi connectivity index (χ2n) is 10.7. The van der Waals surface area contributed by atoms with E-state index in [4.69, 9.17) is 15.0 Å². The molecule has 0 aliphatic heterocycles. The molecule has 3 nitrogen and oxygen atoms in total. The van der Waals surface area contributed by atoms with Gasteiger partial charge in [-0.2, -0.15) is 0 Å². The van der Waals surface area contributed by atoms with E-state index in [1.54, 1.807) is 0 Å². The molecule has 1 aromatic heterocycles. The van der Waals surface area contributed by atoms with Gasteiger partial charge in [-0.15, -0.1) is 0 Å². The van der Waals surface area contributed by atoms with Crippen molar-refractivity contribution in [3.8, 4) is 56.4 Å². The van der Waals surface area contributed by atoms with Crippen molar-refractivity contribution in [1.82, 2.24) is 15.0 Å². The third-order valence-corrected chi connectivity index (χ3v) is 8.28. The van der Waals surface area contributed by atoms with Crippen LogP contribution in [0.25, 0.3) is 56.4 Å². The van der Waals surface area contributed by atoms with Crippen LogP contribution < -0.4 is 0 Å². The Bertz CT molecular complexity index is 1820. The molecular weight excluding hydrogens is 554 g/mol. The van der Waals surface area contributed by atoms with E-state index in [0.29, 0.717) is 17.5 Å². The summed E-state index contributed by atoms with van der Waals surface area (Å²) in [6, 6.07) is 42.1. The summed E-state index contributed by atoms with van der Waals surface area (Å²) < 4.78 is 1.11. The van der Waals surface area contributed by atoms with Crippen molar-refractivity contribution in [2.45, 2.75) is 19.3 Å². The molecule has 0 fully saturated rings. The van der Waals surface area contributed by atoms with Crippen molar-refractivity contribution in [3.05, 3.63) is 137 Å². The van der Waals surface area contributed by atoms with Gasteiger partial charge in [0.2, 0.25) is 0 Å². The lowest BCUT2D eigenvalue weighted by atomic mass is 9.81. The monoisotopic (exact) mass is 579 g/mol. The third kappa shape index (κ3) is 4.25. The Balaban J connectivity index is 1.33. The highest BCUT2D eigenvalue weighted by Gasteiger charge is 2.35. The van der Waals surface area contributed by atoms with Gasteiger partial charge in [-0.25, -0.2) is 15.0 Å². The van der Waals surface area contributed by atoms with Crippen molar-refractivity contribution in [3.63, 3.8) is 0 Å². The Labute approximate surface area is 242 Å². The fourth-order valence-corrected chi connectivity index (χ4v) is 6.03. The molecule has 0 N–H and O–H groups in total. The second kappa shape index (κ2) is 9.65. The molecule has 0 saturated heterocycles. The van der Waals surface area contributed by atoms with E-state index in [1.165, 1.54) is 27.8 Å². The Morgan fingerprint density at radius 1 is 0.450 bits per heavy atom. The van der Waals surface area contributed by atoms with Crippen LogP contribution >= 0.6 is 15.9 Å². The topological polar surface area (TPSA) is 38.7 Å². The predicted molar refractivity (Wildman–Crippen MR) is 167 cm³/mol. The molecule has 0 amide bonds. The smallest absolute Gasteiger partial charge is 0.164 e. The number of benzene rings is 5. The zero-order valence-corrected chi connectivity index (χ0v) is 23.9. The normalized spacial score (nSPS) is 13.1. The number of rotatable bonds is 4. The summed E-state index contributed by atoms with van der Waals surface area (Å²) in [5.74, 6) is 1.99. The van der Waals surface area contributed by atoms with Crippen LogP contribution in [-0.4, -0.2) is 15.0 Å². The molecular formula is C36H26BrN3. The lowest BCUT2D eigenvalue weighted by molar-refractivity contribution is 0.660. The molecule has 0 spiro atoms. The molecule has 1 aliphatic carbocycles. The molecule has 5 aromatic carbocycles. The number of hydrogen-bond donors (Lipinski definition) is 0. The number of halogens is 1. The highest BCUT2D eigenvalue weighted by atomic mass is 79.9. The van der Waals surface area contributed by atoms with E-state index in [9.17, 15) is 0 Å². The molecule has 40 heavy (non-hydrogen) atoms. The molecule has 0 unspecified atom stereocenters. The average molecular weight is 581 g/mol. The van der Waals surface area contributed by atoms with Gasteiger partial charge in [0.1, 0.15) is 0 Å². The molecule has 1 aliphatic rings. The highest BCUT2D eigenvalue weighted by Crippen LogP contribution is 2.50. The molecule has 6 aromatic rings. The van der Waals surface area contributed by atoms with Crippen molar-refractivity contribution in [2.24, 2.45) is 0 Å². The van der Waals surface area contributed by atoms with Gasteiger partial charge in [0, 0.05) is 26.6 Å². The molecule has 0 bridgehead atoms.